The molecule has 1 aliphatic carbocycles. The van der Waals surface area contributed by atoms with Gasteiger partial charge < -0.3 is 19.8 Å². The fraction of sp³-hybridized carbons (Fsp3) is 0.692. The number of morpholine rings is 1. The Hall–Kier alpha value is -1.02. The molecule has 1 fully saturated rings. The van der Waals surface area contributed by atoms with Crippen molar-refractivity contribution in [3.8, 4) is 0 Å². The van der Waals surface area contributed by atoms with Crippen LogP contribution in [-0.4, -0.2) is 64.5 Å². The second kappa shape index (κ2) is 5.77. The van der Waals surface area contributed by atoms with Crippen molar-refractivity contribution in [1.29, 1.82) is 0 Å². The molecule has 1 aliphatic heterocycles. The standard InChI is InChI=1S/C13H18N2O4S/c16-6-8-4-15(5-9(7-17)19-8)13(18)12-14-10-2-1-3-11(10)20-12/h8-9,16-17H,1-7H2/t8-,9+. The van der Waals surface area contributed by atoms with Crippen molar-refractivity contribution >= 4 is 17.2 Å². The quantitative estimate of drug-likeness (QED) is 0.809. The Bertz CT molecular complexity index is 471. The third-order valence-corrected chi connectivity index (χ3v) is 4.85. The van der Waals surface area contributed by atoms with E-state index in [9.17, 15) is 15.0 Å². The predicted octanol–water partition coefficient (Wildman–Crippen LogP) is -0.174. The van der Waals surface area contributed by atoms with E-state index in [4.69, 9.17) is 4.74 Å². The van der Waals surface area contributed by atoms with Crippen molar-refractivity contribution < 1.29 is 19.7 Å². The van der Waals surface area contributed by atoms with E-state index in [0.29, 0.717) is 18.1 Å². The van der Waals surface area contributed by atoms with Crippen molar-refractivity contribution in [3.05, 3.63) is 15.6 Å². The number of rotatable bonds is 3. The minimum atomic E-state index is -0.434. The zero-order valence-corrected chi connectivity index (χ0v) is 11.9. The molecule has 0 radical (unpaired) electrons. The highest BCUT2D eigenvalue weighted by Gasteiger charge is 2.32. The molecule has 1 aromatic rings. The number of fused-ring (bicyclic) bond motifs is 1. The van der Waals surface area contributed by atoms with Crippen LogP contribution >= 0.6 is 11.3 Å². The van der Waals surface area contributed by atoms with Crippen LogP contribution in [0.5, 0.6) is 0 Å². The van der Waals surface area contributed by atoms with E-state index in [1.807, 2.05) is 0 Å². The van der Waals surface area contributed by atoms with E-state index >= 15 is 0 Å². The highest BCUT2D eigenvalue weighted by Crippen LogP contribution is 2.28. The summed E-state index contributed by atoms with van der Waals surface area (Å²) in [4.78, 5) is 19.8. The molecule has 110 valence electrons. The van der Waals surface area contributed by atoms with E-state index in [1.165, 1.54) is 16.2 Å². The Morgan fingerprint density at radius 3 is 2.60 bits per heavy atom. The summed E-state index contributed by atoms with van der Waals surface area (Å²) >= 11 is 1.47. The third kappa shape index (κ3) is 2.58. The van der Waals surface area contributed by atoms with Gasteiger partial charge in [0.05, 0.1) is 31.1 Å². The Morgan fingerprint density at radius 2 is 2.00 bits per heavy atom. The lowest BCUT2D eigenvalue weighted by molar-refractivity contribution is -0.108. The number of hydrogen-bond acceptors (Lipinski definition) is 6. The fourth-order valence-electron chi connectivity index (χ4n) is 2.71. The maximum absolute atomic E-state index is 12.5. The SMILES string of the molecule is O=C(c1nc2c(s1)CCC2)N1C[C@@H](CO)O[C@@H](CO)C1. The molecule has 0 spiro atoms. The van der Waals surface area contributed by atoms with Gasteiger partial charge in [-0.2, -0.15) is 0 Å². The molecule has 2 heterocycles. The number of aryl methyl sites for hydroxylation is 2. The molecule has 0 aromatic carbocycles. The smallest absolute Gasteiger partial charge is 0.283 e. The van der Waals surface area contributed by atoms with Gasteiger partial charge in [0.15, 0.2) is 5.01 Å². The van der Waals surface area contributed by atoms with E-state index in [1.54, 1.807) is 4.90 Å². The lowest BCUT2D eigenvalue weighted by Gasteiger charge is -2.36. The number of amides is 1. The zero-order valence-electron chi connectivity index (χ0n) is 11.1. The molecule has 20 heavy (non-hydrogen) atoms. The number of aliphatic hydroxyl groups is 2. The minimum absolute atomic E-state index is 0.121. The molecular weight excluding hydrogens is 280 g/mol. The van der Waals surface area contributed by atoms with Gasteiger partial charge in [0, 0.05) is 18.0 Å². The van der Waals surface area contributed by atoms with Crippen molar-refractivity contribution in [3.63, 3.8) is 0 Å². The first-order chi connectivity index (χ1) is 9.71. The molecule has 0 bridgehead atoms. The van der Waals surface area contributed by atoms with E-state index < -0.39 is 12.2 Å². The molecule has 6 nitrogen and oxygen atoms in total. The number of aliphatic hydroxyl groups excluding tert-OH is 2. The second-order valence-corrected chi connectivity index (χ2v) is 6.28. The summed E-state index contributed by atoms with van der Waals surface area (Å²) in [6, 6.07) is 0. The Labute approximate surface area is 121 Å². The van der Waals surface area contributed by atoms with Crippen LogP contribution in [0.3, 0.4) is 0 Å². The number of carbonyl (C=O) groups excluding carboxylic acids is 1. The topological polar surface area (TPSA) is 82.9 Å². The molecule has 3 rings (SSSR count). The maximum atomic E-state index is 12.5. The van der Waals surface area contributed by atoms with Crippen LogP contribution in [0.1, 0.15) is 26.8 Å². The highest BCUT2D eigenvalue weighted by atomic mass is 32.1. The maximum Gasteiger partial charge on any atom is 0.283 e. The van der Waals surface area contributed by atoms with Gasteiger partial charge in [-0.1, -0.05) is 0 Å². The van der Waals surface area contributed by atoms with Crippen LogP contribution in [0, 0.1) is 0 Å². The summed E-state index contributed by atoms with van der Waals surface area (Å²) in [5.74, 6) is -0.121. The summed E-state index contributed by atoms with van der Waals surface area (Å²) in [5.41, 5.74) is 1.06. The number of carbonyl (C=O) groups is 1. The van der Waals surface area contributed by atoms with Gasteiger partial charge in [-0.3, -0.25) is 4.79 Å². The van der Waals surface area contributed by atoms with Gasteiger partial charge in [0.25, 0.3) is 5.91 Å². The lowest BCUT2D eigenvalue weighted by atomic mass is 10.2. The monoisotopic (exact) mass is 298 g/mol. The Kier molecular flexibility index (Phi) is 4.02. The van der Waals surface area contributed by atoms with Gasteiger partial charge >= 0.3 is 0 Å². The fourth-order valence-corrected chi connectivity index (χ4v) is 3.83. The minimum Gasteiger partial charge on any atom is -0.394 e. The largest absolute Gasteiger partial charge is 0.394 e. The number of hydrogen-bond donors (Lipinski definition) is 2. The number of ether oxygens (including phenoxy) is 1. The molecule has 0 saturated carbocycles. The van der Waals surface area contributed by atoms with Crippen molar-refractivity contribution in [2.24, 2.45) is 0 Å². The Balaban J connectivity index is 1.74. The first-order valence-corrected chi connectivity index (χ1v) is 7.68. The lowest BCUT2D eigenvalue weighted by Crippen LogP contribution is -2.52. The first-order valence-electron chi connectivity index (χ1n) is 6.86. The van der Waals surface area contributed by atoms with Gasteiger partial charge in [-0.25, -0.2) is 4.98 Å². The molecule has 2 aliphatic rings. The first kappa shape index (κ1) is 13.9. The Morgan fingerprint density at radius 1 is 1.30 bits per heavy atom. The summed E-state index contributed by atoms with van der Waals surface area (Å²) in [5, 5.41) is 18.9. The van der Waals surface area contributed by atoms with Crippen LogP contribution in [0.15, 0.2) is 0 Å². The van der Waals surface area contributed by atoms with Crippen LogP contribution in [0.25, 0.3) is 0 Å². The normalized spacial score (nSPS) is 25.8. The average molecular weight is 298 g/mol. The predicted molar refractivity (Wildman–Crippen MR) is 72.9 cm³/mol. The van der Waals surface area contributed by atoms with Crippen molar-refractivity contribution in [2.45, 2.75) is 31.5 Å². The zero-order chi connectivity index (χ0) is 14.1. The van der Waals surface area contributed by atoms with Gasteiger partial charge in [0.1, 0.15) is 0 Å². The molecular formula is C13H18N2O4S. The number of thiazole rings is 1. The summed E-state index contributed by atoms with van der Waals surface area (Å²) in [7, 11) is 0. The van der Waals surface area contributed by atoms with Gasteiger partial charge in [0.2, 0.25) is 0 Å². The summed E-state index contributed by atoms with van der Waals surface area (Å²) in [6.45, 7) is 0.370. The van der Waals surface area contributed by atoms with Gasteiger partial charge in [-0.05, 0) is 19.3 Å². The average Bonchev–Trinajstić information content (AvgIpc) is 3.07. The summed E-state index contributed by atoms with van der Waals surface area (Å²) < 4.78 is 5.45. The van der Waals surface area contributed by atoms with E-state index in [0.717, 1.165) is 25.0 Å². The molecule has 1 saturated heterocycles. The third-order valence-electron chi connectivity index (χ3n) is 3.71. The number of aromatic nitrogens is 1. The van der Waals surface area contributed by atoms with Crippen LogP contribution in [0.4, 0.5) is 0 Å². The molecule has 2 atom stereocenters. The van der Waals surface area contributed by atoms with E-state index in [2.05, 4.69) is 4.98 Å². The summed E-state index contributed by atoms with van der Waals surface area (Å²) in [6.07, 6.45) is 2.23. The number of nitrogens with zero attached hydrogens (tertiary/aromatic N) is 2. The van der Waals surface area contributed by atoms with Crippen LogP contribution in [0.2, 0.25) is 0 Å². The molecule has 1 aromatic heterocycles. The molecule has 7 heteroatoms. The molecule has 0 unspecified atom stereocenters. The second-order valence-electron chi connectivity index (χ2n) is 5.20. The van der Waals surface area contributed by atoms with Crippen LogP contribution in [-0.2, 0) is 17.6 Å². The molecule has 1 amide bonds. The van der Waals surface area contributed by atoms with Crippen LogP contribution < -0.4 is 0 Å². The highest BCUT2D eigenvalue weighted by molar-refractivity contribution is 7.13. The van der Waals surface area contributed by atoms with Crippen molar-refractivity contribution in [1.82, 2.24) is 9.88 Å². The molecule has 2 N–H and O–H groups in total. The van der Waals surface area contributed by atoms with Gasteiger partial charge in [-0.15, -0.1) is 11.3 Å². The van der Waals surface area contributed by atoms with Crippen molar-refractivity contribution in [2.75, 3.05) is 26.3 Å². The van der Waals surface area contributed by atoms with E-state index in [-0.39, 0.29) is 19.1 Å².